The van der Waals surface area contributed by atoms with E-state index in [0.29, 0.717) is 6.04 Å². The van der Waals surface area contributed by atoms with Crippen molar-refractivity contribution in [3.63, 3.8) is 0 Å². The Bertz CT molecular complexity index is 332. The van der Waals surface area contributed by atoms with E-state index >= 15 is 0 Å². The highest BCUT2D eigenvalue weighted by atomic mass is 15.3. The van der Waals surface area contributed by atoms with Crippen LogP contribution in [0.3, 0.4) is 0 Å². The molecular formula is C13H18N2. The third kappa shape index (κ3) is 2.14. The summed E-state index contributed by atoms with van der Waals surface area (Å²) in [6, 6.07) is 11.2. The molecule has 0 saturated heterocycles. The molecule has 0 aromatic heterocycles. The molecule has 1 unspecified atom stereocenters. The average molecular weight is 202 g/mol. The van der Waals surface area contributed by atoms with Gasteiger partial charge in [-0.3, -0.25) is 0 Å². The molecule has 1 atom stereocenters. The summed E-state index contributed by atoms with van der Waals surface area (Å²) in [5.74, 6) is 0. The Morgan fingerprint density at radius 3 is 2.47 bits per heavy atom. The van der Waals surface area contributed by atoms with E-state index in [9.17, 15) is 0 Å². The average Bonchev–Trinajstić information content (AvgIpc) is 2.68. The predicted octanol–water partition coefficient (Wildman–Crippen LogP) is 2.81. The molecule has 1 aliphatic heterocycles. The second kappa shape index (κ2) is 4.39. The third-order valence-electron chi connectivity index (χ3n) is 2.87. The van der Waals surface area contributed by atoms with Crippen molar-refractivity contribution in [3.05, 3.63) is 48.3 Å². The van der Waals surface area contributed by atoms with Crippen LogP contribution in [0.15, 0.2) is 42.7 Å². The zero-order valence-electron chi connectivity index (χ0n) is 9.43. The molecule has 0 aliphatic carbocycles. The van der Waals surface area contributed by atoms with Crippen molar-refractivity contribution in [1.29, 1.82) is 0 Å². The Labute approximate surface area is 91.8 Å². The first-order chi connectivity index (χ1) is 7.31. The highest BCUT2D eigenvalue weighted by Crippen LogP contribution is 2.26. The summed E-state index contributed by atoms with van der Waals surface area (Å²) >= 11 is 0. The minimum Gasteiger partial charge on any atom is -0.362 e. The normalized spacial score (nSPS) is 17.2. The molecule has 0 bridgehead atoms. The minimum atomic E-state index is 0.507. The van der Waals surface area contributed by atoms with Crippen molar-refractivity contribution < 1.29 is 0 Å². The van der Waals surface area contributed by atoms with Gasteiger partial charge in [-0.2, -0.15) is 0 Å². The summed E-state index contributed by atoms with van der Waals surface area (Å²) < 4.78 is 0. The summed E-state index contributed by atoms with van der Waals surface area (Å²) in [6.07, 6.45) is 5.45. The molecule has 80 valence electrons. The van der Waals surface area contributed by atoms with Crippen LogP contribution in [0.4, 0.5) is 0 Å². The van der Waals surface area contributed by atoms with Crippen LogP contribution in [0.1, 0.15) is 24.9 Å². The summed E-state index contributed by atoms with van der Waals surface area (Å²) in [4.78, 5) is 4.58. The van der Waals surface area contributed by atoms with Gasteiger partial charge in [-0.05, 0) is 12.0 Å². The molecule has 0 N–H and O–H groups in total. The first-order valence-electron chi connectivity index (χ1n) is 5.50. The van der Waals surface area contributed by atoms with Crippen molar-refractivity contribution in [3.8, 4) is 0 Å². The SMILES string of the molecule is CCC(c1ccccc1)N1C=CN(C)C1. The van der Waals surface area contributed by atoms with E-state index in [1.807, 2.05) is 0 Å². The van der Waals surface area contributed by atoms with Gasteiger partial charge in [-0.1, -0.05) is 37.3 Å². The quantitative estimate of drug-likeness (QED) is 0.743. The lowest BCUT2D eigenvalue weighted by Gasteiger charge is -2.28. The van der Waals surface area contributed by atoms with Gasteiger partial charge in [0, 0.05) is 19.4 Å². The molecule has 0 spiro atoms. The second-order valence-electron chi connectivity index (χ2n) is 4.05. The van der Waals surface area contributed by atoms with E-state index in [2.05, 4.69) is 66.5 Å². The topological polar surface area (TPSA) is 6.48 Å². The molecule has 0 amide bonds. The first kappa shape index (κ1) is 10.1. The smallest absolute Gasteiger partial charge is 0.0896 e. The van der Waals surface area contributed by atoms with Crippen LogP contribution >= 0.6 is 0 Å². The van der Waals surface area contributed by atoms with E-state index in [1.165, 1.54) is 5.56 Å². The summed E-state index contributed by atoms with van der Waals surface area (Å²) in [7, 11) is 2.11. The molecule has 1 aliphatic rings. The maximum absolute atomic E-state index is 2.38. The lowest BCUT2D eigenvalue weighted by molar-refractivity contribution is 0.227. The number of hydrogen-bond donors (Lipinski definition) is 0. The van der Waals surface area contributed by atoms with Crippen molar-refractivity contribution >= 4 is 0 Å². The van der Waals surface area contributed by atoms with E-state index in [-0.39, 0.29) is 0 Å². The van der Waals surface area contributed by atoms with Gasteiger partial charge >= 0.3 is 0 Å². The molecule has 1 aromatic rings. The lowest BCUT2D eigenvalue weighted by Crippen LogP contribution is -2.26. The Morgan fingerprint density at radius 2 is 1.93 bits per heavy atom. The predicted molar refractivity (Wildman–Crippen MR) is 63.1 cm³/mol. The van der Waals surface area contributed by atoms with E-state index in [1.54, 1.807) is 0 Å². The first-order valence-corrected chi connectivity index (χ1v) is 5.50. The van der Waals surface area contributed by atoms with Gasteiger partial charge in [0.25, 0.3) is 0 Å². The molecule has 1 heterocycles. The van der Waals surface area contributed by atoms with Crippen molar-refractivity contribution in [2.24, 2.45) is 0 Å². The molecule has 1 aromatic carbocycles. The molecule has 0 fully saturated rings. The fourth-order valence-corrected chi connectivity index (χ4v) is 2.09. The van der Waals surface area contributed by atoms with Crippen LogP contribution in [0.2, 0.25) is 0 Å². The van der Waals surface area contributed by atoms with E-state index in [0.717, 1.165) is 13.1 Å². The molecular weight excluding hydrogens is 184 g/mol. The largest absolute Gasteiger partial charge is 0.362 e. The fourth-order valence-electron chi connectivity index (χ4n) is 2.09. The highest BCUT2D eigenvalue weighted by Gasteiger charge is 2.19. The van der Waals surface area contributed by atoms with E-state index < -0.39 is 0 Å². The van der Waals surface area contributed by atoms with Crippen molar-refractivity contribution in [1.82, 2.24) is 9.80 Å². The summed E-state index contributed by atoms with van der Waals surface area (Å²) in [5.41, 5.74) is 1.40. The lowest BCUT2D eigenvalue weighted by atomic mass is 10.0. The molecule has 2 heteroatoms. The standard InChI is InChI=1S/C13H18N2/c1-3-13(12-7-5-4-6-8-12)15-10-9-14(2)11-15/h4-10,13H,3,11H2,1-2H3. The van der Waals surface area contributed by atoms with Crippen molar-refractivity contribution in [2.45, 2.75) is 19.4 Å². The van der Waals surface area contributed by atoms with Gasteiger partial charge in [0.1, 0.15) is 0 Å². The number of rotatable bonds is 3. The van der Waals surface area contributed by atoms with Crippen LogP contribution < -0.4 is 0 Å². The van der Waals surface area contributed by atoms with Gasteiger partial charge in [0.15, 0.2) is 0 Å². The number of benzene rings is 1. The summed E-state index contributed by atoms with van der Waals surface area (Å²) in [5, 5.41) is 0. The second-order valence-corrected chi connectivity index (χ2v) is 4.05. The van der Waals surface area contributed by atoms with E-state index in [4.69, 9.17) is 0 Å². The monoisotopic (exact) mass is 202 g/mol. The highest BCUT2D eigenvalue weighted by molar-refractivity contribution is 5.20. The molecule has 2 nitrogen and oxygen atoms in total. The third-order valence-corrected chi connectivity index (χ3v) is 2.87. The summed E-state index contributed by atoms with van der Waals surface area (Å²) in [6.45, 7) is 3.23. The maximum Gasteiger partial charge on any atom is 0.0896 e. The van der Waals surface area contributed by atoms with Gasteiger partial charge < -0.3 is 9.80 Å². The number of nitrogens with zero attached hydrogens (tertiary/aromatic N) is 2. The fraction of sp³-hybridized carbons (Fsp3) is 0.385. The van der Waals surface area contributed by atoms with Gasteiger partial charge in [-0.25, -0.2) is 0 Å². The van der Waals surface area contributed by atoms with Crippen LogP contribution in [-0.4, -0.2) is 23.5 Å². The zero-order chi connectivity index (χ0) is 10.7. The molecule has 0 radical (unpaired) electrons. The molecule has 0 saturated carbocycles. The van der Waals surface area contributed by atoms with Gasteiger partial charge in [-0.15, -0.1) is 0 Å². The Balaban J connectivity index is 2.15. The maximum atomic E-state index is 2.38. The van der Waals surface area contributed by atoms with Crippen LogP contribution in [0.25, 0.3) is 0 Å². The number of hydrogen-bond acceptors (Lipinski definition) is 2. The van der Waals surface area contributed by atoms with Gasteiger partial charge in [0.05, 0.1) is 12.7 Å². The minimum absolute atomic E-state index is 0.507. The Hall–Kier alpha value is -1.44. The molecule has 2 rings (SSSR count). The Kier molecular flexibility index (Phi) is 2.95. The molecule has 15 heavy (non-hydrogen) atoms. The zero-order valence-corrected chi connectivity index (χ0v) is 9.43. The van der Waals surface area contributed by atoms with Gasteiger partial charge in [0.2, 0.25) is 0 Å². The Morgan fingerprint density at radius 1 is 1.20 bits per heavy atom. The van der Waals surface area contributed by atoms with Crippen molar-refractivity contribution in [2.75, 3.05) is 13.7 Å². The van der Waals surface area contributed by atoms with Crippen LogP contribution in [0.5, 0.6) is 0 Å². The van der Waals surface area contributed by atoms with Crippen LogP contribution in [-0.2, 0) is 0 Å². The van der Waals surface area contributed by atoms with Crippen LogP contribution in [0, 0.1) is 0 Å².